The van der Waals surface area contributed by atoms with Crippen LogP contribution in [0, 0.1) is 5.92 Å². The van der Waals surface area contributed by atoms with Gasteiger partial charge in [0.25, 0.3) is 0 Å². The lowest BCUT2D eigenvalue weighted by Crippen LogP contribution is -2.56. The first kappa shape index (κ1) is 9.52. The fourth-order valence-corrected chi connectivity index (χ4v) is 1.76. The molecule has 1 rings (SSSR count). The summed E-state index contributed by atoms with van der Waals surface area (Å²) in [5.74, 6) is -0.484. The van der Waals surface area contributed by atoms with Crippen LogP contribution in [0.1, 0.15) is 27.2 Å². The van der Waals surface area contributed by atoms with E-state index in [1.165, 1.54) is 0 Å². The molecule has 70 valence electrons. The Bertz CT molecular complexity index is 179. The maximum absolute atomic E-state index is 10.9. The van der Waals surface area contributed by atoms with E-state index in [1.807, 2.05) is 13.8 Å². The maximum atomic E-state index is 10.9. The van der Waals surface area contributed by atoms with Crippen molar-refractivity contribution in [1.29, 1.82) is 0 Å². The predicted molar refractivity (Wildman–Crippen MR) is 47.0 cm³/mol. The first-order valence-electron chi connectivity index (χ1n) is 4.52. The highest BCUT2D eigenvalue weighted by Gasteiger charge is 2.36. The lowest BCUT2D eigenvalue weighted by atomic mass is 9.94. The molecule has 0 aromatic heterocycles. The van der Waals surface area contributed by atoms with Crippen molar-refractivity contribution >= 4 is 5.97 Å². The van der Waals surface area contributed by atoms with Crippen LogP contribution in [-0.2, 0) is 4.79 Å². The van der Waals surface area contributed by atoms with E-state index in [4.69, 9.17) is 5.11 Å². The minimum Gasteiger partial charge on any atom is -0.480 e. The van der Waals surface area contributed by atoms with Crippen molar-refractivity contribution in [2.75, 3.05) is 6.54 Å². The summed E-state index contributed by atoms with van der Waals surface area (Å²) in [7, 11) is 0. The van der Waals surface area contributed by atoms with Gasteiger partial charge in [-0.2, -0.15) is 0 Å². The topological polar surface area (TPSA) is 40.5 Å². The number of hydrogen-bond donors (Lipinski definition) is 1. The van der Waals surface area contributed by atoms with Gasteiger partial charge in [-0.15, -0.1) is 0 Å². The van der Waals surface area contributed by atoms with Gasteiger partial charge in [-0.3, -0.25) is 9.69 Å². The number of carboxylic acid groups (broad SMARTS) is 1. The quantitative estimate of drug-likeness (QED) is 0.693. The molecule has 0 radical (unpaired) electrons. The van der Waals surface area contributed by atoms with Gasteiger partial charge < -0.3 is 5.11 Å². The van der Waals surface area contributed by atoms with Gasteiger partial charge >= 0.3 is 5.97 Å². The molecule has 0 aliphatic carbocycles. The predicted octanol–water partition coefficient (Wildman–Crippen LogP) is 1.19. The van der Waals surface area contributed by atoms with Gasteiger partial charge in [0.05, 0.1) is 0 Å². The van der Waals surface area contributed by atoms with Gasteiger partial charge in [0.15, 0.2) is 0 Å². The van der Waals surface area contributed by atoms with Gasteiger partial charge in [-0.1, -0.05) is 13.8 Å². The molecule has 0 spiro atoms. The molecule has 0 saturated carbocycles. The Labute approximate surface area is 73.4 Å². The van der Waals surface area contributed by atoms with E-state index in [-0.39, 0.29) is 12.0 Å². The monoisotopic (exact) mass is 171 g/mol. The summed E-state index contributed by atoms with van der Waals surface area (Å²) in [6, 6.07) is 0.169. The third-order valence-electron chi connectivity index (χ3n) is 2.61. The molecule has 12 heavy (non-hydrogen) atoms. The molecule has 2 unspecified atom stereocenters. The summed E-state index contributed by atoms with van der Waals surface area (Å²) in [5, 5.41) is 8.96. The van der Waals surface area contributed by atoms with Crippen molar-refractivity contribution in [3.8, 4) is 0 Å². The normalized spacial score (nSPS) is 26.8. The minimum atomic E-state index is -0.684. The van der Waals surface area contributed by atoms with E-state index in [9.17, 15) is 4.79 Å². The van der Waals surface area contributed by atoms with Crippen molar-refractivity contribution in [3.05, 3.63) is 0 Å². The third kappa shape index (κ3) is 1.61. The van der Waals surface area contributed by atoms with Crippen molar-refractivity contribution in [2.45, 2.75) is 39.3 Å². The van der Waals surface area contributed by atoms with Crippen molar-refractivity contribution < 1.29 is 9.90 Å². The highest BCUT2D eigenvalue weighted by Crippen LogP contribution is 2.24. The second kappa shape index (κ2) is 3.44. The van der Waals surface area contributed by atoms with Crippen LogP contribution in [0.3, 0.4) is 0 Å². The average molecular weight is 171 g/mol. The number of carboxylic acids is 1. The zero-order valence-electron chi connectivity index (χ0n) is 7.95. The fourth-order valence-electron chi connectivity index (χ4n) is 1.76. The Morgan fingerprint density at radius 3 is 2.25 bits per heavy atom. The molecule has 1 N–H and O–H groups in total. The number of aliphatic carboxylic acids is 1. The van der Waals surface area contributed by atoms with E-state index in [2.05, 4.69) is 11.8 Å². The van der Waals surface area contributed by atoms with Gasteiger partial charge in [0.1, 0.15) is 6.04 Å². The van der Waals surface area contributed by atoms with Crippen molar-refractivity contribution in [3.63, 3.8) is 0 Å². The second-order valence-corrected chi connectivity index (χ2v) is 3.90. The largest absolute Gasteiger partial charge is 0.480 e. The lowest BCUT2D eigenvalue weighted by molar-refractivity contribution is -0.149. The second-order valence-electron chi connectivity index (χ2n) is 3.90. The summed E-state index contributed by atoms with van der Waals surface area (Å²) >= 11 is 0. The smallest absolute Gasteiger partial charge is 0.321 e. The van der Waals surface area contributed by atoms with Crippen LogP contribution >= 0.6 is 0 Å². The van der Waals surface area contributed by atoms with Crippen LogP contribution in [-0.4, -0.2) is 34.6 Å². The molecule has 1 aliphatic heterocycles. The summed E-state index contributed by atoms with van der Waals surface area (Å²) in [4.78, 5) is 12.9. The number of rotatable bonds is 3. The molecule has 3 heteroatoms. The van der Waals surface area contributed by atoms with Gasteiger partial charge in [-0.05, 0) is 19.3 Å². The molecule has 0 aromatic carbocycles. The standard InChI is InChI=1S/C9H17NO2/c1-6(2)8(9(11)12)10-5-4-7(10)3/h6-8H,4-5H2,1-3H3,(H,11,12). The molecule has 0 aromatic rings. The maximum Gasteiger partial charge on any atom is 0.321 e. The first-order valence-corrected chi connectivity index (χ1v) is 4.52. The van der Waals surface area contributed by atoms with Gasteiger partial charge in [-0.25, -0.2) is 0 Å². The molecule has 0 amide bonds. The Balaban J connectivity index is 2.59. The van der Waals surface area contributed by atoms with Crippen LogP contribution in [0.5, 0.6) is 0 Å². The van der Waals surface area contributed by atoms with Crippen LogP contribution in [0.25, 0.3) is 0 Å². The number of hydrogen-bond acceptors (Lipinski definition) is 2. The Morgan fingerprint density at radius 1 is 1.58 bits per heavy atom. The molecule has 0 bridgehead atoms. The van der Waals surface area contributed by atoms with Crippen LogP contribution in [0.4, 0.5) is 0 Å². The fraction of sp³-hybridized carbons (Fsp3) is 0.889. The van der Waals surface area contributed by atoms with E-state index >= 15 is 0 Å². The van der Waals surface area contributed by atoms with Crippen molar-refractivity contribution in [2.24, 2.45) is 5.92 Å². The van der Waals surface area contributed by atoms with E-state index < -0.39 is 5.97 Å². The average Bonchev–Trinajstić information content (AvgIpc) is 1.95. The number of nitrogens with zero attached hydrogens (tertiary/aromatic N) is 1. The molecular formula is C9H17NO2. The molecule has 1 aliphatic rings. The van der Waals surface area contributed by atoms with Crippen LogP contribution < -0.4 is 0 Å². The Hall–Kier alpha value is -0.570. The van der Waals surface area contributed by atoms with Gasteiger partial charge in [0.2, 0.25) is 0 Å². The highest BCUT2D eigenvalue weighted by atomic mass is 16.4. The highest BCUT2D eigenvalue weighted by molar-refractivity contribution is 5.74. The molecular weight excluding hydrogens is 154 g/mol. The number of likely N-dealkylation sites (tertiary alicyclic amines) is 1. The van der Waals surface area contributed by atoms with E-state index in [1.54, 1.807) is 0 Å². The zero-order chi connectivity index (χ0) is 9.30. The van der Waals surface area contributed by atoms with Crippen LogP contribution in [0.2, 0.25) is 0 Å². The third-order valence-corrected chi connectivity index (χ3v) is 2.61. The SMILES string of the molecule is CC(C)C(C(=O)O)N1CCC1C. The summed E-state index contributed by atoms with van der Waals surface area (Å²) in [6.45, 7) is 6.95. The summed E-state index contributed by atoms with van der Waals surface area (Å²) in [5.41, 5.74) is 0. The molecule has 1 fully saturated rings. The van der Waals surface area contributed by atoms with E-state index in [0.717, 1.165) is 13.0 Å². The molecule has 1 heterocycles. The first-order chi connectivity index (χ1) is 5.54. The molecule has 3 nitrogen and oxygen atoms in total. The minimum absolute atomic E-state index is 0.199. The van der Waals surface area contributed by atoms with Crippen LogP contribution in [0.15, 0.2) is 0 Å². The molecule has 1 saturated heterocycles. The number of carbonyl (C=O) groups is 1. The van der Waals surface area contributed by atoms with E-state index in [0.29, 0.717) is 6.04 Å². The molecule has 2 atom stereocenters. The summed E-state index contributed by atoms with van der Waals surface area (Å²) in [6.07, 6.45) is 1.14. The zero-order valence-corrected chi connectivity index (χ0v) is 7.95. The Morgan fingerprint density at radius 2 is 2.17 bits per heavy atom. The van der Waals surface area contributed by atoms with Gasteiger partial charge in [0, 0.05) is 12.6 Å². The Kier molecular flexibility index (Phi) is 2.73. The summed E-state index contributed by atoms with van der Waals surface area (Å²) < 4.78 is 0. The van der Waals surface area contributed by atoms with Crippen molar-refractivity contribution in [1.82, 2.24) is 4.90 Å². The lowest BCUT2D eigenvalue weighted by Gasteiger charge is -2.44.